The molecule has 1 aliphatic rings. The van der Waals surface area contributed by atoms with Crippen molar-refractivity contribution in [2.24, 2.45) is 0 Å². The highest BCUT2D eigenvalue weighted by Crippen LogP contribution is 2.33. The standard InChI is InChI=1S/C23H20N4O2/c1-14(2)15-4-3-5-16(10-15)18-7-9-21-25-26-23(27(21)12-18)17-6-8-20-19(11-17)24-22(28)13-29-20/h3-12,14H,13H2,1-2H3,(H,24,28). The topological polar surface area (TPSA) is 68.5 Å². The van der Waals surface area contributed by atoms with Gasteiger partial charge >= 0.3 is 0 Å². The van der Waals surface area contributed by atoms with Gasteiger partial charge in [0.2, 0.25) is 0 Å². The molecule has 0 radical (unpaired) electrons. The van der Waals surface area contributed by atoms with Crippen molar-refractivity contribution in [2.45, 2.75) is 19.8 Å². The molecule has 0 bridgehead atoms. The van der Waals surface area contributed by atoms with Crippen molar-refractivity contribution in [3.8, 4) is 28.3 Å². The molecule has 0 fully saturated rings. The fraction of sp³-hybridized carbons (Fsp3) is 0.174. The first-order valence-corrected chi connectivity index (χ1v) is 9.61. The summed E-state index contributed by atoms with van der Waals surface area (Å²) in [6.07, 6.45) is 2.05. The van der Waals surface area contributed by atoms with Gasteiger partial charge in [0.1, 0.15) is 5.75 Å². The minimum atomic E-state index is -0.159. The molecule has 1 aliphatic heterocycles. The summed E-state index contributed by atoms with van der Waals surface area (Å²) < 4.78 is 7.42. The SMILES string of the molecule is CC(C)c1cccc(-c2ccc3nnc(-c4ccc5c(c4)NC(=O)CO5)n3c2)c1. The molecule has 4 aromatic rings. The largest absolute Gasteiger partial charge is 0.482 e. The third-order valence-corrected chi connectivity index (χ3v) is 5.16. The quantitative estimate of drug-likeness (QED) is 0.564. The maximum Gasteiger partial charge on any atom is 0.262 e. The summed E-state index contributed by atoms with van der Waals surface area (Å²) >= 11 is 0. The smallest absolute Gasteiger partial charge is 0.262 e. The molecule has 144 valence electrons. The molecule has 0 saturated carbocycles. The van der Waals surface area contributed by atoms with Gasteiger partial charge in [-0.05, 0) is 52.9 Å². The minimum absolute atomic E-state index is 0.0407. The Morgan fingerprint density at radius 1 is 1.00 bits per heavy atom. The number of ether oxygens (including phenoxy) is 1. The average Bonchev–Trinajstić information content (AvgIpc) is 3.16. The Morgan fingerprint density at radius 3 is 2.72 bits per heavy atom. The first-order valence-electron chi connectivity index (χ1n) is 9.61. The number of nitrogens with one attached hydrogen (secondary N) is 1. The Bertz CT molecular complexity index is 1240. The number of aromatic nitrogens is 3. The number of amides is 1. The van der Waals surface area contributed by atoms with Crippen LogP contribution in [0.3, 0.4) is 0 Å². The van der Waals surface area contributed by atoms with Gasteiger partial charge in [0.05, 0.1) is 5.69 Å². The lowest BCUT2D eigenvalue weighted by Gasteiger charge is -2.18. The number of fused-ring (bicyclic) bond motifs is 2. The lowest BCUT2D eigenvalue weighted by molar-refractivity contribution is -0.118. The summed E-state index contributed by atoms with van der Waals surface area (Å²) in [4.78, 5) is 11.6. The molecule has 5 rings (SSSR count). The monoisotopic (exact) mass is 384 g/mol. The summed E-state index contributed by atoms with van der Waals surface area (Å²) in [6.45, 7) is 4.43. The minimum Gasteiger partial charge on any atom is -0.482 e. The van der Waals surface area contributed by atoms with E-state index < -0.39 is 0 Å². The normalized spacial score (nSPS) is 13.3. The van der Waals surface area contributed by atoms with Crippen LogP contribution in [-0.4, -0.2) is 27.1 Å². The molecule has 6 nitrogen and oxygen atoms in total. The van der Waals surface area contributed by atoms with Gasteiger partial charge in [-0.2, -0.15) is 0 Å². The number of pyridine rings is 1. The average molecular weight is 384 g/mol. The van der Waals surface area contributed by atoms with Crippen molar-refractivity contribution in [2.75, 3.05) is 11.9 Å². The number of nitrogens with zero attached hydrogens (tertiary/aromatic N) is 3. The van der Waals surface area contributed by atoms with E-state index in [9.17, 15) is 4.79 Å². The van der Waals surface area contributed by atoms with Crippen molar-refractivity contribution in [3.05, 3.63) is 66.4 Å². The highest BCUT2D eigenvalue weighted by molar-refractivity contribution is 5.96. The van der Waals surface area contributed by atoms with Crippen molar-refractivity contribution >= 4 is 17.2 Å². The molecule has 0 unspecified atom stereocenters. The molecule has 0 saturated heterocycles. The predicted octanol–water partition coefficient (Wildman–Crippen LogP) is 4.52. The highest BCUT2D eigenvalue weighted by Gasteiger charge is 2.18. The Morgan fingerprint density at radius 2 is 1.86 bits per heavy atom. The van der Waals surface area contributed by atoms with Gasteiger partial charge < -0.3 is 10.1 Å². The third-order valence-electron chi connectivity index (χ3n) is 5.16. The molecule has 0 aliphatic carbocycles. The zero-order chi connectivity index (χ0) is 20.0. The van der Waals surface area contributed by atoms with Crippen LogP contribution in [0.5, 0.6) is 5.75 Å². The lowest BCUT2D eigenvalue weighted by Crippen LogP contribution is -2.25. The second-order valence-corrected chi connectivity index (χ2v) is 7.50. The Hall–Kier alpha value is -3.67. The first-order chi connectivity index (χ1) is 14.1. The molecule has 1 N–H and O–H groups in total. The second kappa shape index (κ2) is 6.74. The summed E-state index contributed by atoms with van der Waals surface area (Å²) in [5, 5.41) is 11.5. The molecular weight excluding hydrogens is 364 g/mol. The van der Waals surface area contributed by atoms with Crippen molar-refractivity contribution < 1.29 is 9.53 Å². The Labute approximate surface area is 168 Å². The summed E-state index contributed by atoms with van der Waals surface area (Å²) in [6, 6.07) is 18.3. The van der Waals surface area contributed by atoms with Crippen LogP contribution in [0.4, 0.5) is 5.69 Å². The maximum absolute atomic E-state index is 11.6. The number of hydrogen-bond donors (Lipinski definition) is 1. The fourth-order valence-corrected chi connectivity index (χ4v) is 3.56. The van der Waals surface area contributed by atoms with E-state index in [0.29, 0.717) is 23.2 Å². The van der Waals surface area contributed by atoms with Crippen molar-refractivity contribution in [3.63, 3.8) is 0 Å². The molecule has 3 heterocycles. The number of hydrogen-bond acceptors (Lipinski definition) is 4. The van der Waals surface area contributed by atoms with E-state index in [0.717, 1.165) is 22.3 Å². The Kier molecular flexibility index (Phi) is 4.05. The van der Waals surface area contributed by atoms with Crippen LogP contribution in [-0.2, 0) is 4.79 Å². The van der Waals surface area contributed by atoms with E-state index >= 15 is 0 Å². The Balaban J connectivity index is 1.60. The van der Waals surface area contributed by atoms with Crippen LogP contribution in [0, 0.1) is 0 Å². The van der Waals surface area contributed by atoms with E-state index in [1.54, 1.807) is 0 Å². The van der Waals surface area contributed by atoms with Crippen LogP contribution in [0.2, 0.25) is 0 Å². The number of carbonyl (C=O) groups is 1. The van der Waals surface area contributed by atoms with Crippen LogP contribution in [0.25, 0.3) is 28.2 Å². The maximum atomic E-state index is 11.6. The second-order valence-electron chi connectivity index (χ2n) is 7.50. The predicted molar refractivity (Wildman–Crippen MR) is 112 cm³/mol. The van der Waals surface area contributed by atoms with Gasteiger partial charge in [0.15, 0.2) is 18.1 Å². The van der Waals surface area contributed by atoms with E-state index in [1.807, 2.05) is 28.7 Å². The van der Waals surface area contributed by atoms with Crippen molar-refractivity contribution in [1.29, 1.82) is 0 Å². The zero-order valence-electron chi connectivity index (χ0n) is 16.2. The number of anilines is 1. The van der Waals surface area contributed by atoms with Gasteiger partial charge in [-0.25, -0.2) is 0 Å². The van der Waals surface area contributed by atoms with Crippen LogP contribution in [0.15, 0.2) is 60.8 Å². The summed E-state index contributed by atoms with van der Waals surface area (Å²) in [5.74, 6) is 1.68. The highest BCUT2D eigenvalue weighted by atomic mass is 16.5. The van der Waals surface area contributed by atoms with E-state index in [2.05, 4.69) is 65.9 Å². The number of carbonyl (C=O) groups excluding carboxylic acids is 1. The van der Waals surface area contributed by atoms with E-state index in [4.69, 9.17) is 4.74 Å². The molecule has 0 spiro atoms. The van der Waals surface area contributed by atoms with Gasteiger partial charge in [0, 0.05) is 11.8 Å². The van der Waals surface area contributed by atoms with E-state index in [1.165, 1.54) is 5.56 Å². The molecule has 0 atom stereocenters. The molecule has 2 aromatic heterocycles. The van der Waals surface area contributed by atoms with Gasteiger partial charge in [-0.1, -0.05) is 38.1 Å². The summed E-state index contributed by atoms with van der Waals surface area (Å²) in [5.41, 5.74) is 5.82. The number of benzene rings is 2. The fourth-order valence-electron chi connectivity index (χ4n) is 3.56. The molecule has 6 heteroatoms. The first kappa shape index (κ1) is 17.4. The van der Waals surface area contributed by atoms with Crippen LogP contribution < -0.4 is 10.1 Å². The molecule has 2 aromatic carbocycles. The van der Waals surface area contributed by atoms with Crippen LogP contribution >= 0.6 is 0 Å². The zero-order valence-corrected chi connectivity index (χ0v) is 16.2. The van der Waals surface area contributed by atoms with Gasteiger partial charge in [0.25, 0.3) is 5.91 Å². The van der Waals surface area contributed by atoms with E-state index in [-0.39, 0.29) is 12.5 Å². The van der Waals surface area contributed by atoms with Gasteiger partial charge in [-0.3, -0.25) is 9.20 Å². The third kappa shape index (κ3) is 3.12. The van der Waals surface area contributed by atoms with Crippen LogP contribution in [0.1, 0.15) is 25.3 Å². The summed E-state index contributed by atoms with van der Waals surface area (Å²) in [7, 11) is 0. The molecular formula is C23H20N4O2. The molecule has 1 amide bonds. The van der Waals surface area contributed by atoms with Gasteiger partial charge in [-0.15, -0.1) is 10.2 Å². The number of rotatable bonds is 3. The van der Waals surface area contributed by atoms with Crippen molar-refractivity contribution in [1.82, 2.24) is 14.6 Å². The lowest BCUT2D eigenvalue weighted by atomic mass is 9.98. The molecule has 29 heavy (non-hydrogen) atoms.